The monoisotopic (exact) mass is 493 g/mol. The molecule has 2 saturated heterocycles. The van der Waals surface area contributed by atoms with Crippen molar-refractivity contribution in [2.75, 3.05) is 4.90 Å². The highest BCUT2D eigenvalue weighted by molar-refractivity contribution is 6.01. The summed E-state index contributed by atoms with van der Waals surface area (Å²) in [7, 11) is 0. The van der Waals surface area contributed by atoms with Crippen LogP contribution in [0.5, 0.6) is 0 Å². The van der Waals surface area contributed by atoms with E-state index in [2.05, 4.69) is 49.7 Å². The number of hydrogen-bond acceptors (Lipinski definition) is 5. The second kappa shape index (κ2) is 8.99. The molecule has 7 nitrogen and oxygen atoms in total. The number of aromatic amines is 1. The Kier molecular flexibility index (Phi) is 5.47. The summed E-state index contributed by atoms with van der Waals surface area (Å²) in [4.78, 5) is 20.3. The molecule has 1 saturated carbocycles. The minimum absolute atomic E-state index is 0.0630. The number of carbonyl (C=O) groups is 1. The van der Waals surface area contributed by atoms with Crippen molar-refractivity contribution >= 4 is 22.5 Å². The second-order valence-electron chi connectivity index (χ2n) is 10.8. The molecule has 4 aromatic rings. The molecule has 2 aromatic carbocycles. The van der Waals surface area contributed by atoms with Crippen molar-refractivity contribution in [1.82, 2.24) is 20.5 Å². The maximum absolute atomic E-state index is 13.3. The van der Waals surface area contributed by atoms with Crippen molar-refractivity contribution in [3.05, 3.63) is 78.1 Å². The zero-order valence-corrected chi connectivity index (χ0v) is 20.7. The van der Waals surface area contributed by atoms with Crippen LogP contribution in [0, 0.1) is 5.92 Å². The van der Waals surface area contributed by atoms with Gasteiger partial charge in [0.1, 0.15) is 0 Å². The van der Waals surface area contributed by atoms with Crippen LogP contribution in [-0.4, -0.2) is 44.4 Å². The van der Waals surface area contributed by atoms with Gasteiger partial charge < -0.3 is 15.3 Å². The molecular weight excluding hydrogens is 462 g/mol. The smallest absolute Gasteiger partial charge is 0.251 e. The van der Waals surface area contributed by atoms with E-state index in [-0.39, 0.29) is 18.1 Å². The molecule has 2 aliphatic heterocycles. The Balaban J connectivity index is 1.14. The van der Waals surface area contributed by atoms with E-state index in [1.165, 1.54) is 5.69 Å². The number of anilines is 1. The molecule has 2 aromatic heterocycles. The van der Waals surface area contributed by atoms with Crippen molar-refractivity contribution in [2.45, 2.75) is 62.8 Å². The molecule has 0 spiro atoms. The van der Waals surface area contributed by atoms with Gasteiger partial charge in [-0.15, -0.1) is 0 Å². The normalized spacial score (nSPS) is 23.8. The van der Waals surface area contributed by atoms with Crippen molar-refractivity contribution in [3.63, 3.8) is 0 Å². The number of nitrogens with zero attached hydrogens (tertiary/aromatic N) is 3. The minimum Gasteiger partial charge on any atom is -0.393 e. The van der Waals surface area contributed by atoms with E-state index in [1.54, 1.807) is 6.20 Å². The van der Waals surface area contributed by atoms with Crippen molar-refractivity contribution in [1.29, 1.82) is 0 Å². The Morgan fingerprint density at radius 1 is 1.00 bits per heavy atom. The fourth-order valence-corrected chi connectivity index (χ4v) is 6.38. The van der Waals surface area contributed by atoms with Gasteiger partial charge in [-0.1, -0.05) is 18.2 Å². The number of aliphatic hydroxyl groups excluding tert-OH is 1. The molecule has 188 valence electrons. The molecule has 7 heteroatoms. The number of benzene rings is 2. The van der Waals surface area contributed by atoms with Crippen LogP contribution >= 0.6 is 0 Å². The highest BCUT2D eigenvalue weighted by atomic mass is 16.3. The van der Waals surface area contributed by atoms with Crippen LogP contribution in [0.25, 0.3) is 22.2 Å². The minimum atomic E-state index is -0.168. The first kappa shape index (κ1) is 22.5. The first-order valence-electron chi connectivity index (χ1n) is 13.4. The Morgan fingerprint density at radius 3 is 2.49 bits per heavy atom. The molecule has 2 bridgehead atoms. The molecule has 0 unspecified atom stereocenters. The highest BCUT2D eigenvalue weighted by Crippen LogP contribution is 2.41. The third-order valence-corrected chi connectivity index (χ3v) is 8.36. The average Bonchev–Trinajstić information content (AvgIpc) is 3.62. The zero-order valence-electron chi connectivity index (χ0n) is 20.7. The summed E-state index contributed by atoms with van der Waals surface area (Å²) in [5.74, 6) is 0.360. The van der Waals surface area contributed by atoms with Gasteiger partial charge >= 0.3 is 0 Å². The SMILES string of the molecule is O=C(N[C@@H](c1ccccn1)C1CC1)c1ccc2[nH]nc(-c3ccc(N4[C@@H]5CC[C@H]4C[C@H](O)C5)cc3)c2c1. The van der Waals surface area contributed by atoms with Gasteiger partial charge in [0.05, 0.1) is 29.1 Å². The number of hydrogen-bond donors (Lipinski definition) is 3. The molecule has 37 heavy (non-hydrogen) atoms. The molecule has 3 fully saturated rings. The lowest BCUT2D eigenvalue weighted by Crippen LogP contribution is -2.44. The molecule has 3 N–H and O–H groups in total. The number of carbonyl (C=O) groups excluding carboxylic acids is 1. The first-order valence-corrected chi connectivity index (χ1v) is 13.4. The molecule has 0 radical (unpaired) electrons. The standard InChI is InChI=1S/C30H31N5O2/c36-24-16-22-11-12-23(17-24)35(22)21-9-6-18(7-10-21)28-25-15-20(8-13-26(25)33-34-28)30(37)32-29(19-4-5-19)27-3-1-2-14-31-27/h1-3,6-10,13-15,19,22-24,29,36H,4-5,11-12,16-17H2,(H,32,37)(H,33,34)/t22-,23+,24-,29-/m1/s1. The topological polar surface area (TPSA) is 94.1 Å². The lowest BCUT2D eigenvalue weighted by molar-refractivity contribution is 0.0930. The van der Waals surface area contributed by atoms with Crippen LogP contribution in [0.15, 0.2) is 66.9 Å². The summed E-state index contributed by atoms with van der Waals surface area (Å²) in [6.07, 6.45) is 7.86. The van der Waals surface area contributed by atoms with E-state index in [0.717, 1.165) is 66.4 Å². The number of piperidine rings is 1. The van der Waals surface area contributed by atoms with Gasteiger partial charge in [-0.25, -0.2) is 0 Å². The summed E-state index contributed by atoms with van der Waals surface area (Å²) in [6.45, 7) is 0. The number of amides is 1. The summed E-state index contributed by atoms with van der Waals surface area (Å²) >= 11 is 0. The number of H-pyrrole nitrogens is 1. The third kappa shape index (κ3) is 4.17. The predicted molar refractivity (Wildman–Crippen MR) is 143 cm³/mol. The fourth-order valence-electron chi connectivity index (χ4n) is 6.38. The van der Waals surface area contributed by atoms with Gasteiger partial charge in [-0.3, -0.25) is 14.9 Å². The summed E-state index contributed by atoms with van der Waals surface area (Å²) < 4.78 is 0. The van der Waals surface area contributed by atoms with Gasteiger partial charge in [0.25, 0.3) is 5.91 Å². The van der Waals surface area contributed by atoms with Gasteiger partial charge in [0, 0.05) is 40.5 Å². The number of aliphatic hydroxyl groups is 1. The summed E-state index contributed by atoms with van der Waals surface area (Å²) in [5, 5.41) is 22.0. The van der Waals surface area contributed by atoms with Crippen LogP contribution in [0.2, 0.25) is 0 Å². The number of aromatic nitrogens is 3. The molecule has 4 heterocycles. The van der Waals surface area contributed by atoms with Crippen LogP contribution in [0.4, 0.5) is 5.69 Å². The molecule has 4 atom stereocenters. The zero-order chi connectivity index (χ0) is 24.9. The number of nitrogens with one attached hydrogen (secondary N) is 2. The number of fused-ring (bicyclic) bond motifs is 3. The fraction of sp³-hybridized carbons (Fsp3) is 0.367. The van der Waals surface area contributed by atoms with Crippen LogP contribution in [0.1, 0.15) is 60.6 Å². The second-order valence-corrected chi connectivity index (χ2v) is 10.8. The van der Waals surface area contributed by atoms with Crippen molar-refractivity contribution < 1.29 is 9.90 Å². The van der Waals surface area contributed by atoms with Crippen molar-refractivity contribution in [2.24, 2.45) is 5.92 Å². The Hall–Kier alpha value is -3.71. The van der Waals surface area contributed by atoms with E-state index in [4.69, 9.17) is 0 Å². The molecule has 7 rings (SSSR count). The molecule has 1 amide bonds. The lowest BCUT2D eigenvalue weighted by atomic mass is 9.98. The molecular formula is C30H31N5O2. The van der Waals surface area contributed by atoms with Gasteiger partial charge in [-0.05, 0) is 86.9 Å². The van der Waals surface area contributed by atoms with Gasteiger partial charge in [-0.2, -0.15) is 5.10 Å². The van der Waals surface area contributed by atoms with Gasteiger partial charge in [0.2, 0.25) is 0 Å². The predicted octanol–water partition coefficient (Wildman–Crippen LogP) is 5.00. The number of pyridine rings is 1. The third-order valence-electron chi connectivity index (χ3n) is 8.36. The lowest BCUT2D eigenvalue weighted by Gasteiger charge is -2.39. The van der Waals surface area contributed by atoms with Crippen LogP contribution < -0.4 is 10.2 Å². The largest absolute Gasteiger partial charge is 0.393 e. The van der Waals surface area contributed by atoms with Gasteiger partial charge in [0.15, 0.2) is 0 Å². The quantitative estimate of drug-likeness (QED) is 0.352. The highest BCUT2D eigenvalue weighted by Gasteiger charge is 2.40. The first-order chi connectivity index (χ1) is 18.1. The van der Waals surface area contributed by atoms with E-state index >= 15 is 0 Å². The number of rotatable bonds is 6. The average molecular weight is 494 g/mol. The summed E-state index contributed by atoms with van der Waals surface area (Å²) in [6, 6.07) is 20.9. The van der Waals surface area contributed by atoms with E-state index in [0.29, 0.717) is 23.6 Å². The van der Waals surface area contributed by atoms with Crippen LogP contribution in [0.3, 0.4) is 0 Å². The Bertz CT molecular complexity index is 1420. The Morgan fingerprint density at radius 2 is 1.78 bits per heavy atom. The van der Waals surface area contributed by atoms with Crippen molar-refractivity contribution in [3.8, 4) is 11.3 Å². The van der Waals surface area contributed by atoms with Crippen LogP contribution in [-0.2, 0) is 0 Å². The maximum atomic E-state index is 13.3. The van der Waals surface area contributed by atoms with E-state index < -0.39 is 0 Å². The molecule has 1 aliphatic carbocycles. The Labute approximate surface area is 215 Å². The molecule has 3 aliphatic rings. The summed E-state index contributed by atoms with van der Waals surface area (Å²) in [5.41, 5.74) is 5.51. The van der Waals surface area contributed by atoms with E-state index in [1.807, 2.05) is 36.4 Å². The maximum Gasteiger partial charge on any atom is 0.251 e. The van der Waals surface area contributed by atoms with E-state index in [9.17, 15) is 9.90 Å².